The minimum atomic E-state index is -0.104. The molecule has 1 amide bonds. The lowest BCUT2D eigenvalue weighted by Crippen LogP contribution is -2.03. The average Bonchev–Trinajstić information content (AvgIpc) is 3.15. The van der Waals surface area contributed by atoms with Crippen LogP contribution in [0.4, 0.5) is 5.69 Å². The van der Waals surface area contributed by atoms with Crippen LogP contribution >= 0.6 is 11.3 Å². The van der Waals surface area contributed by atoms with E-state index in [0.29, 0.717) is 5.57 Å². The minimum Gasteiger partial charge on any atom is -0.497 e. The Hall–Kier alpha value is -2.60. The number of imidazole rings is 1. The fourth-order valence-corrected chi connectivity index (χ4v) is 3.43. The highest BCUT2D eigenvalue weighted by Gasteiger charge is 2.25. The molecule has 1 aliphatic rings. The van der Waals surface area contributed by atoms with Gasteiger partial charge in [0, 0.05) is 22.8 Å². The zero-order valence-corrected chi connectivity index (χ0v) is 12.9. The second-order valence-corrected chi connectivity index (χ2v) is 5.93. The molecular weight excluding hydrogens is 298 g/mol. The van der Waals surface area contributed by atoms with Gasteiger partial charge in [0.25, 0.3) is 5.91 Å². The molecule has 2 aromatic heterocycles. The number of aryl methyl sites for hydroxylation is 1. The van der Waals surface area contributed by atoms with E-state index in [4.69, 9.17) is 4.74 Å². The number of fused-ring (bicyclic) bond motifs is 2. The lowest BCUT2D eigenvalue weighted by atomic mass is 10.1. The van der Waals surface area contributed by atoms with Gasteiger partial charge in [-0.2, -0.15) is 0 Å². The molecule has 0 fully saturated rings. The van der Waals surface area contributed by atoms with Crippen LogP contribution in [0.15, 0.2) is 29.8 Å². The van der Waals surface area contributed by atoms with Gasteiger partial charge in [-0.25, -0.2) is 4.98 Å². The molecule has 3 aromatic rings. The molecule has 6 heteroatoms. The van der Waals surface area contributed by atoms with Crippen LogP contribution in [0, 0.1) is 6.92 Å². The monoisotopic (exact) mass is 311 g/mol. The topological polar surface area (TPSA) is 55.6 Å². The first-order valence-corrected chi connectivity index (χ1v) is 7.69. The van der Waals surface area contributed by atoms with Crippen LogP contribution in [0.5, 0.6) is 5.75 Å². The molecule has 0 radical (unpaired) electrons. The maximum Gasteiger partial charge on any atom is 0.256 e. The molecule has 0 bridgehead atoms. The van der Waals surface area contributed by atoms with Crippen LogP contribution < -0.4 is 10.1 Å². The number of thiazole rings is 1. The van der Waals surface area contributed by atoms with E-state index in [0.717, 1.165) is 33.3 Å². The van der Waals surface area contributed by atoms with Crippen molar-refractivity contribution in [1.82, 2.24) is 9.38 Å². The molecular formula is C16H13N3O2S. The van der Waals surface area contributed by atoms with Gasteiger partial charge < -0.3 is 10.1 Å². The largest absolute Gasteiger partial charge is 0.497 e. The van der Waals surface area contributed by atoms with Crippen LogP contribution in [-0.2, 0) is 4.79 Å². The Bertz CT molecular complexity index is 936. The molecule has 110 valence electrons. The van der Waals surface area contributed by atoms with Crippen molar-refractivity contribution in [3.8, 4) is 5.75 Å². The summed E-state index contributed by atoms with van der Waals surface area (Å²) in [6.45, 7) is 1.95. The number of benzene rings is 1. The highest BCUT2D eigenvalue weighted by Crippen LogP contribution is 2.36. The lowest BCUT2D eigenvalue weighted by Gasteiger charge is -2.03. The fraction of sp³-hybridized carbons (Fsp3) is 0.125. The van der Waals surface area contributed by atoms with Gasteiger partial charge in [0.1, 0.15) is 5.75 Å². The Balaban J connectivity index is 1.91. The second kappa shape index (κ2) is 4.71. The maximum absolute atomic E-state index is 12.3. The molecule has 0 unspecified atom stereocenters. The van der Waals surface area contributed by atoms with Crippen LogP contribution in [0.1, 0.15) is 17.0 Å². The Morgan fingerprint density at radius 1 is 1.41 bits per heavy atom. The molecule has 0 spiro atoms. The first kappa shape index (κ1) is 13.1. The van der Waals surface area contributed by atoms with Crippen molar-refractivity contribution in [1.29, 1.82) is 0 Å². The third kappa shape index (κ3) is 1.84. The average molecular weight is 311 g/mol. The normalized spacial score (nSPS) is 15.4. The van der Waals surface area contributed by atoms with Crippen molar-refractivity contribution in [2.24, 2.45) is 0 Å². The summed E-state index contributed by atoms with van der Waals surface area (Å²) in [6.07, 6.45) is 3.86. The highest BCUT2D eigenvalue weighted by molar-refractivity contribution is 7.15. The van der Waals surface area contributed by atoms with Crippen molar-refractivity contribution >= 4 is 39.5 Å². The van der Waals surface area contributed by atoms with E-state index in [1.165, 1.54) is 0 Å². The lowest BCUT2D eigenvalue weighted by molar-refractivity contribution is -0.110. The van der Waals surface area contributed by atoms with Crippen LogP contribution in [0.2, 0.25) is 0 Å². The van der Waals surface area contributed by atoms with Gasteiger partial charge >= 0.3 is 0 Å². The molecule has 1 N–H and O–H groups in total. The van der Waals surface area contributed by atoms with Crippen LogP contribution in [-0.4, -0.2) is 22.4 Å². The maximum atomic E-state index is 12.3. The Kier molecular flexibility index (Phi) is 2.80. The number of carbonyl (C=O) groups excluding carboxylic acids is 1. The number of methoxy groups -OCH3 is 1. The van der Waals surface area contributed by atoms with Crippen molar-refractivity contribution in [2.45, 2.75) is 6.92 Å². The quantitative estimate of drug-likeness (QED) is 0.739. The smallest absolute Gasteiger partial charge is 0.256 e. The van der Waals surface area contributed by atoms with E-state index in [9.17, 15) is 4.79 Å². The van der Waals surface area contributed by atoms with Crippen LogP contribution in [0.3, 0.4) is 0 Å². The van der Waals surface area contributed by atoms with E-state index in [1.54, 1.807) is 18.4 Å². The zero-order chi connectivity index (χ0) is 15.3. The molecule has 3 heterocycles. The SMILES string of the molecule is COc1ccc2c(c1)/C(=C\c1c(C)nc3sccn13)C(=O)N2. The number of nitrogens with one attached hydrogen (secondary N) is 1. The summed E-state index contributed by atoms with van der Waals surface area (Å²) in [7, 11) is 1.62. The number of nitrogens with zero attached hydrogens (tertiary/aromatic N) is 2. The van der Waals surface area contributed by atoms with Gasteiger partial charge in [-0.3, -0.25) is 9.20 Å². The number of amides is 1. The van der Waals surface area contributed by atoms with E-state index < -0.39 is 0 Å². The third-order valence-corrected chi connectivity index (χ3v) is 4.53. The first-order chi connectivity index (χ1) is 10.7. The number of carbonyl (C=O) groups is 1. The number of anilines is 1. The second-order valence-electron chi connectivity index (χ2n) is 5.06. The van der Waals surface area contributed by atoms with Gasteiger partial charge in [0.2, 0.25) is 0 Å². The van der Waals surface area contributed by atoms with E-state index >= 15 is 0 Å². The molecule has 5 nitrogen and oxygen atoms in total. The molecule has 4 rings (SSSR count). The predicted octanol–water partition coefficient (Wildman–Crippen LogP) is 3.21. The summed E-state index contributed by atoms with van der Waals surface area (Å²) in [5.41, 5.74) is 4.13. The summed E-state index contributed by atoms with van der Waals surface area (Å²) in [5.74, 6) is 0.625. The number of hydrogen-bond acceptors (Lipinski definition) is 4. The summed E-state index contributed by atoms with van der Waals surface area (Å²) in [6, 6.07) is 5.57. The summed E-state index contributed by atoms with van der Waals surface area (Å²) in [5, 5.41) is 4.86. The number of ether oxygens (including phenoxy) is 1. The number of hydrogen-bond donors (Lipinski definition) is 1. The van der Waals surface area contributed by atoms with E-state index in [-0.39, 0.29) is 5.91 Å². The van der Waals surface area contributed by atoms with Gasteiger partial charge in [-0.1, -0.05) is 0 Å². The fourth-order valence-electron chi connectivity index (χ4n) is 2.66. The third-order valence-electron chi connectivity index (χ3n) is 3.77. The predicted molar refractivity (Wildman–Crippen MR) is 87.3 cm³/mol. The van der Waals surface area contributed by atoms with Gasteiger partial charge in [0.15, 0.2) is 4.96 Å². The molecule has 22 heavy (non-hydrogen) atoms. The Morgan fingerprint density at radius 3 is 3.09 bits per heavy atom. The van der Waals surface area contributed by atoms with Gasteiger partial charge in [-0.05, 0) is 31.2 Å². The number of aromatic nitrogens is 2. The summed E-state index contributed by atoms with van der Waals surface area (Å²) < 4.78 is 7.26. The van der Waals surface area contributed by atoms with Gasteiger partial charge in [-0.15, -0.1) is 11.3 Å². The van der Waals surface area contributed by atoms with Crippen molar-refractivity contribution < 1.29 is 9.53 Å². The first-order valence-electron chi connectivity index (χ1n) is 6.81. The molecule has 0 saturated carbocycles. The van der Waals surface area contributed by atoms with Gasteiger partial charge in [0.05, 0.1) is 24.1 Å². The molecule has 0 atom stereocenters. The molecule has 0 saturated heterocycles. The standard InChI is InChI=1S/C16H13N3O2S/c1-9-14(19-5-6-22-16(19)17-9)8-12-11-7-10(21-2)3-4-13(11)18-15(12)20/h3-8H,1-2H3,(H,18,20)/b12-8+. The number of rotatable bonds is 2. The van der Waals surface area contributed by atoms with Crippen molar-refractivity contribution in [3.05, 3.63) is 46.7 Å². The van der Waals surface area contributed by atoms with E-state index in [2.05, 4.69) is 10.3 Å². The Labute approximate surface area is 130 Å². The molecule has 1 aromatic carbocycles. The molecule has 0 aliphatic carbocycles. The van der Waals surface area contributed by atoms with Crippen LogP contribution in [0.25, 0.3) is 16.6 Å². The molecule has 1 aliphatic heterocycles. The summed E-state index contributed by atoms with van der Waals surface area (Å²) in [4.78, 5) is 17.7. The van der Waals surface area contributed by atoms with Crippen molar-refractivity contribution in [2.75, 3.05) is 12.4 Å². The van der Waals surface area contributed by atoms with Crippen molar-refractivity contribution in [3.63, 3.8) is 0 Å². The van der Waals surface area contributed by atoms with E-state index in [1.807, 2.05) is 47.2 Å². The Morgan fingerprint density at radius 2 is 2.27 bits per heavy atom. The minimum absolute atomic E-state index is 0.104. The summed E-state index contributed by atoms with van der Waals surface area (Å²) >= 11 is 1.57. The zero-order valence-electron chi connectivity index (χ0n) is 12.1. The highest BCUT2D eigenvalue weighted by atomic mass is 32.1.